The Hall–Kier alpha value is -0.340. The zero-order valence-electron chi connectivity index (χ0n) is 10.4. The average molecular weight is 220 g/mol. The number of nitrogens with zero attached hydrogens (tertiary/aromatic N) is 1. The first-order chi connectivity index (χ1) is 7.78. The van der Waals surface area contributed by atoms with Gasteiger partial charge >= 0.3 is 0 Å². The molecule has 3 aliphatic rings. The Morgan fingerprint density at radius 1 is 1.25 bits per heavy atom. The lowest BCUT2D eigenvalue weighted by Gasteiger charge is -2.36. The van der Waals surface area contributed by atoms with Gasteiger partial charge in [-0.3, -0.25) is 4.90 Å². The van der Waals surface area contributed by atoms with Crippen LogP contribution in [0.25, 0.3) is 0 Å². The van der Waals surface area contributed by atoms with E-state index in [0.29, 0.717) is 5.54 Å². The lowest BCUT2D eigenvalue weighted by molar-refractivity contribution is 0.155. The molecule has 1 aliphatic heterocycles. The van der Waals surface area contributed by atoms with Crippen molar-refractivity contribution in [3.8, 4) is 0 Å². The molecule has 90 valence electrons. The second kappa shape index (κ2) is 4.15. The molecule has 2 nitrogen and oxygen atoms in total. The third-order valence-corrected chi connectivity index (χ3v) is 4.66. The minimum atomic E-state index is 0.402. The minimum absolute atomic E-state index is 0.402. The van der Waals surface area contributed by atoms with Crippen LogP contribution in [0.2, 0.25) is 0 Å². The van der Waals surface area contributed by atoms with E-state index in [1.165, 1.54) is 51.7 Å². The molecule has 0 radical (unpaired) electrons. The Bertz CT molecular complexity index is 274. The quantitative estimate of drug-likeness (QED) is 0.718. The standard InChI is InChI=1S/C14H24N2/c1-14(12-7-8-12)11-16(10-4-9-15-14)13-5-2-3-6-13/h2-3,12-13,15H,4-11H2,1H3. The van der Waals surface area contributed by atoms with Crippen LogP contribution in [0.1, 0.15) is 39.0 Å². The van der Waals surface area contributed by atoms with Crippen molar-refractivity contribution in [3.05, 3.63) is 12.2 Å². The van der Waals surface area contributed by atoms with E-state index < -0.39 is 0 Å². The first kappa shape index (κ1) is 10.8. The highest BCUT2D eigenvalue weighted by Gasteiger charge is 2.43. The molecular weight excluding hydrogens is 196 g/mol. The zero-order chi connectivity index (χ0) is 11.0. The highest BCUT2D eigenvalue weighted by atomic mass is 15.2. The summed E-state index contributed by atoms with van der Waals surface area (Å²) in [6.07, 6.45) is 11.5. The van der Waals surface area contributed by atoms with Gasteiger partial charge in [0, 0.05) is 18.1 Å². The lowest BCUT2D eigenvalue weighted by atomic mass is 9.94. The molecular formula is C14H24N2. The van der Waals surface area contributed by atoms with E-state index in [1.807, 2.05) is 0 Å². The molecule has 0 spiro atoms. The molecule has 0 amide bonds. The van der Waals surface area contributed by atoms with Crippen LogP contribution >= 0.6 is 0 Å². The third kappa shape index (κ3) is 2.05. The second-order valence-electron chi connectivity index (χ2n) is 6.04. The Kier molecular flexibility index (Phi) is 2.80. The summed E-state index contributed by atoms with van der Waals surface area (Å²) in [6.45, 7) is 6.22. The summed E-state index contributed by atoms with van der Waals surface area (Å²) < 4.78 is 0. The molecule has 16 heavy (non-hydrogen) atoms. The molecule has 0 aromatic heterocycles. The van der Waals surface area contributed by atoms with E-state index in [4.69, 9.17) is 0 Å². The maximum atomic E-state index is 3.81. The number of hydrogen-bond donors (Lipinski definition) is 1. The molecule has 1 saturated heterocycles. The van der Waals surface area contributed by atoms with Crippen LogP contribution in [0.3, 0.4) is 0 Å². The molecule has 0 bridgehead atoms. The molecule has 0 aromatic rings. The van der Waals surface area contributed by atoms with Gasteiger partial charge in [0.1, 0.15) is 0 Å². The maximum absolute atomic E-state index is 3.81. The second-order valence-corrected chi connectivity index (χ2v) is 6.04. The maximum Gasteiger partial charge on any atom is 0.0308 e. The van der Waals surface area contributed by atoms with Gasteiger partial charge in [-0.2, -0.15) is 0 Å². The molecule has 3 rings (SSSR count). The normalized spacial score (nSPS) is 37.8. The Labute approximate surface area is 99.1 Å². The molecule has 1 saturated carbocycles. The van der Waals surface area contributed by atoms with E-state index >= 15 is 0 Å². The third-order valence-electron chi connectivity index (χ3n) is 4.66. The van der Waals surface area contributed by atoms with Gasteiger partial charge in [0.15, 0.2) is 0 Å². The van der Waals surface area contributed by atoms with Crippen LogP contribution in [0.5, 0.6) is 0 Å². The van der Waals surface area contributed by atoms with Crippen molar-refractivity contribution in [1.82, 2.24) is 10.2 Å². The first-order valence-electron chi connectivity index (χ1n) is 6.92. The summed E-state index contributed by atoms with van der Waals surface area (Å²) in [5.41, 5.74) is 0.402. The van der Waals surface area contributed by atoms with Gasteiger partial charge in [-0.25, -0.2) is 0 Å². The van der Waals surface area contributed by atoms with E-state index in [2.05, 4.69) is 29.3 Å². The topological polar surface area (TPSA) is 15.3 Å². The Balaban J connectivity index is 1.68. The summed E-state index contributed by atoms with van der Waals surface area (Å²) >= 11 is 0. The minimum Gasteiger partial charge on any atom is -0.310 e. The summed E-state index contributed by atoms with van der Waals surface area (Å²) in [4.78, 5) is 2.75. The van der Waals surface area contributed by atoms with Crippen LogP contribution in [-0.4, -0.2) is 36.1 Å². The molecule has 2 heteroatoms. The average Bonchev–Trinajstić information content (AvgIpc) is 3.03. The van der Waals surface area contributed by atoms with Gasteiger partial charge in [0.2, 0.25) is 0 Å². The molecule has 1 N–H and O–H groups in total. The van der Waals surface area contributed by atoms with Crippen LogP contribution in [-0.2, 0) is 0 Å². The summed E-state index contributed by atoms with van der Waals surface area (Å²) in [7, 11) is 0. The highest BCUT2D eigenvalue weighted by Crippen LogP contribution is 2.41. The van der Waals surface area contributed by atoms with E-state index in [9.17, 15) is 0 Å². The van der Waals surface area contributed by atoms with Crippen molar-refractivity contribution in [1.29, 1.82) is 0 Å². The fourth-order valence-corrected chi connectivity index (χ4v) is 3.42. The molecule has 1 heterocycles. The van der Waals surface area contributed by atoms with Crippen LogP contribution < -0.4 is 5.32 Å². The van der Waals surface area contributed by atoms with Crippen LogP contribution in [0.4, 0.5) is 0 Å². The molecule has 2 fully saturated rings. The number of hydrogen-bond acceptors (Lipinski definition) is 2. The lowest BCUT2D eigenvalue weighted by Crippen LogP contribution is -2.52. The Morgan fingerprint density at radius 2 is 2.00 bits per heavy atom. The summed E-state index contributed by atoms with van der Waals surface area (Å²) in [5.74, 6) is 0.947. The zero-order valence-corrected chi connectivity index (χ0v) is 10.4. The SMILES string of the molecule is CC1(C2CC2)CN(C2CC=CC2)CCCN1. The molecule has 1 unspecified atom stereocenters. The number of rotatable bonds is 2. The van der Waals surface area contributed by atoms with E-state index in [0.717, 1.165) is 12.0 Å². The highest BCUT2D eigenvalue weighted by molar-refractivity contribution is 5.05. The van der Waals surface area contributed by atoms with Crippen molar-refractivity contribution in [2.75, 3.05) is 19.6 Å². The van der Waals surface area contributed by atoms with Crippen molar-refractivity contribution < 1.29 is 0 Å². The summed E-state index contributed by atoms with van der Waals surface area (Å²) in [6, 6.07) is 0.804. The van der Waals surface area contributed by atoms with Crippen molar-refractivity contribution in [2.24, 2.45) is 5.92 Å². The van der Waals surface area contributed by atoms with Crippen LogP contribution in [0, 0.1) is 5.92 Å². The van der Waals surface area contributed by atoms with Crippen molar-refractivity contribution in [2.45, 2.75) is 50.6 Å². The van der Waals surface area contributed by atoms with Gasteiger partial charge in [-0.1, -0.05) is 12.2 Å². The van der Waals surface area contributed by atoms with Gasteiger partial charge in [-0.15, -0.1) is 0 Å². The molecule has 1 atom stereocenters. The Morgan fingerprint density at radius 3 is 2.69 bits per heavy atom. The number of nitrogens with one attached hydrogen (secondary N) is 1. The fraction of sp³-hybridized carbons (Fsp3) is 0.857. The van der Waals surface area contributed by atoms with Gasteiger partial charge in [0.25, 0.3) is 0 Å². The van der Waals surface area contributed by atoms with Crippen LogP contribution in [0.15, 0.2) is 12.2 Å². The smallest absolute Gasteiger partial charge is 0.0308 e. The predicted octanol–water partition coefficient (Wildman–Crippen LogP) is 2.17. The monoisotopic (exact) mass is 220 g/mol. The van der Waals surface area contributed by atoms with Crippen molar-refractivity contribution >= 4 is 0 Å². The van der Waals surface area contributed by atoms with Gasteiger partial charge in [0.05, 0.1) is 0 Å². The fourth-order valence-electron chi connectivity index (χ4n) is 3.42. The summed E-state index contributed by atoms with van der Waals surface area (Å²) in [5, 5.41) is 3.81. The molecule has 2 aliphatic carbocycles. The van der Waals surface area contributed by atoms with Gasteiger partial charge < -0.3 is 5.32 Å². The predicted molar refractivity (Wildman–Crippen MR) is 67.5 cm³/mol. The first-order valence-corrected chi connectivity index (χ1v) is 6.92. The van der Waals surface area contributed by atoms with Crippen molar-refractivity contribution in [3.63, 3.8) is 0 Å². The van der Waals surface area contributed by atoms with E-state index in [-0.39, 0.29) is 0 Å². The van der Waals surface area contributed by atoms with E-state index in [1.54, 1.807) is 0 Å². The van der Waals surface area contributed by atoms with Gasteiger partial charge in [-0.05, 0) is 58.0 Å². The molecule has 0 aromatic carbocycles. The largest absolute Gasteiger partial charge is 0.310 e.